The Balaban J connectivity index is 1.94. The van der Waals surface area contributed by atoms with Crippen LogP contribution in [0.1, 0.15) is 24.6 Å². The standard InChI is InChI=1S/C15H20N4O/c1-4-15(20)18-14-7-5-13(6-8-14)16-9-12-10-17-19(3)11(12)2/h5-8,10,16H,4,9H2,1-3H3,(H,18,20). The first-order chi connectivity index (χ1) is 9.60. The molecule has 0 aliphatic heterocycles. The van der Waals surface area contributed by atoms with E-state index in [4.69, 9.17) is 0 Å². The maximum absolute atomic E-state index is 11.3. The summed E-state index contributed by atoms with van der Waals surface area (Å²) in [6.07, 6.45) is 2.36. The zero-order chi connectivity index (χ0) is 14.5. The molecule has 2 rings (SSSR count). The number of anilines is 2. The molecule has 0 fully saturated rings. The lowest BCUT2D eigenvalue weighted by Gasteiger charge is -2.08. The zero-order valence-electron chi connectivity index (χ0n) is 12.1. The van der Waals surface area contributed by atoms with Crippen molar-refractivity contribution in [1.29, 1.82) is 0 Å². The molecule has 0 aliphatic rings. The van der Waals surface area contributed by atoms with Crippen molar-refractivity contribution in [2.45, 2.75) is 26.8 Å². The predicted molar refractivity (Wildman–Crippen MR) is 80.6 cm³/mol. The van der Waals surface area contributed by atoms with Crippen molar-refractivity contribution in [3.63, 3.8) is 0 Å². The molecule has 5 heteroatoms. The van der Waals surface area contributed by atoms with Gasteiger partial charge >= 0.3 is 0 Å². The maximum Gasteiger partial charge on any atom is 0.224 e. The lowest BCUT2D eigenvalue weighted by atomic mass is 10.2. The number of hydrogen-bond donors (Lipinski definition) is 2. The second-order valence-corrected chi connectivity index (χ2v) is 4.71. The van der Waals surface area contributed by atoms with Gasteiger partial charge in [-0.25, -0.2) is 0 Å². The maximum atomic E-state index is 11.3. The number of nitrogens with zero attached hydrogens (tertiary/aromatic N) is 2. The van der Waals surface area contributed by atoms with Crippen LogP contribution in [-0.2, 0) is 18.4 Å². The van der Waals surface area contributed by atoms with Gasteiger partial charge in [0, 0.05) is 42.6 Å². The van der Waals surface area contributed by atoms with Gasteiger partial charge in [0.1, 0.15) is 0 Å². The Morgan fingerprint density at radius 1 is 1.25 bits per heavy atom. The molecule has 2 aromatic rings. The number of aryl methyl sites for hydroxylation is 1. The smallest absolute Gasteiger partial charge is 0.224 e. The van der Waals surface area contributed by atoms with Gasteiger partial charge in [0.2, 0.25) is 5.91 Å². The SMILES string of the molecule is CCC(=O)Nc1ccc(NCc2cnn(C)c2C)cc1. The third kappa shape index (κ3) is 3.38. The van der Waals surface area contributed by atoms with Gasteiger partial charge in [-0.15, -0.1) is 0 Å². The number of carbonyl (C=O) groups excluding carboxylic acids is 1. The molecule has 20 heavy (non-hydrogen) atoms. The molecule has 0 saturated heterocycles. The van der Waals surface area contributed by atoms with Crippen molar-refractivity contribution < 1.29 is 4.79 Å². The minimum Gasteiger partial charge on any atom is -0.381 e. The van der Waals surface area contributed by atoms with Gasteiger partial charge in [-0.2, -0.15) is 5.10 Å². The monoisotopic (exact) mass is 272 g/mol. The third-order valence-electron chi connectivity index (χ3n) is 3.31. The van der Waals surface area contributed by atoms with Crippen LogP contribution >= 0.6 is 0 Å². The highest BCUT2D eigenvalue weighted by molar-refractivity contribution is 5.90. The molecule has 0 unspecified atom stereocenters. The molecule has 0 bridgehead atoms. The van der Waals surface area contributed by atoms with Crippen LogP contribution < -0.4 is 10.6 Å². The van der Waals surface area contributed by atoms with Crippen LogP contribution in [0.4, 0.5) is 11.4 Å². The number of hydrogen-bond acceptors (Lipinski definition) is 3. The van der Waals surface area contributed by atoms with Crippen molar-refractivity contribution in [2.24, 2.45) is 7.05 Å². The van der Waals surface area contributed by atoms with Gasteiger partial charge in [-0.3, -0.25) is 9.48 Å². The first-order valence-electron chi connectivity index (χ1n) is 6.71. The number of aromatic nitrogens is 2. The summed E-state index contributed by atoms with van der Waals surface area (Å²) in [6.45, 7) is 4.62. The number of rotatable bonds is 5. The second-order valence-electron chi connectivity index (χ2n) is 4.71. The Morgan fingerprint density at radius 3 is 2.45 bits per heavy atom. The van der Waals surface area contributed by atoms with E-state index in [1.165, 1.54) is 5.56 Å². The number of amides is 1. The summed E-state index contributed by atoms with van der Waals surface area (Å²) >= 11 is 0. The molecular formula is C15H20N4O. The lowest BCUT2D eigenvalue weighted by molar-refractivity contribution is -0.115. The summed E-state index contributed by atoms with van der Waals surface area (Å²) in [7, 11) is 1.93. The van der Waals surface area contributed by atoms with E-state index < -0.39 is 0 Å². The van der Waals surface area contributed by atoms with Crippen LogP contribution in [0.5, 0.6) is 0 Å². The normalized spacial score (nSPS) is 10.3. The highest BCUT2D eigenvalue weighted by Crippen LogP contribution is 2.15. The molecule has 1 aromatic heterocycles. The van der Waals surface area contributed by atoms with E-state index >= 15 is 0 Å². The van der Waals surface area contributed by atoms with Gasteiger partial charge in [-0.05, 0) is 31.2 Å². The minimum atomic E-state index is 0.0247. The quantitative estimate of drug-likeness (QED) is 0.879. The third-order valence-corrected chi connectivity index (χ3v) is 3.31. The molecule has 0 saturated carbocycles. The van der Waals surface area contributed by atoms with Gasteiger partial charge in [0.25, 0.3) is 0 Å². The molecule has 1 amide bonds. The van der Waals surface area contributed by atoms with Gasteiger partial charge < -0.3 is 10.6 Å². The van der Waals surface area contributed by atoms with Crippen LogP contribution in [0.2, 0.25) is 0 Å². The van der Waals surface area contributed by atoms with E-state index in [1.54, 1.807) is 0 Å². The minimum absolute atomic E-state index is 0.0247. The molecule has 1 heterocycles. The Kier molecular flexibility index (Phi) is 4.40. The molecule has 0 atom stereocenters. The summed E-state index contributed by atoms with van der Waals surface area (Å²) in [5.74, 6) is 0.0247. The van der Waals surface area contributed by atoms with Crippen LogP contribution in [0.15, 0.2) is 30.5 Å². The van der Waals surface area contributed by atoms with Crippen LogP contribution in [0, 0.1) is 6.92 Å². The number of carbonyl (C=O) groups is 1. The van der Waals surface area contributed by atoms with Crippen LogP contribution in [0.3, 0.4) is 0 Å². The highest BCUT2D eigenvalue weighted by atomic mass is 16.1. The van der Waals surface area contributed by atoms with Crippen LogP contribution in [0.25, 0.3) is 0 Å². The fourth-order valence-electron chi connectivity index (χ4n) is 1.84. The average Bonchev–Trinajstić information content (AvgIpc) is 2.78. The van der Waals surface area contributed by atoms with E-state index in [2.05, 4.69) is 15.7 Å². The molecule has 5 nitrogen and oxygen atoms in total. The van der Waals surface area contributed by atoms with Gasteiger partial charge in [0.05, 0.1) is 6.20 Å². The molecule has 0 radical (unpaired) electrons. The number of nitrogens with one attached hydrogen (secondary N) is 2. The Labute approximate surface area is 119 Å². The average molecular weight is 272 g/mol. The van der Waals surface area contributed by atoms with E-state index in [0.29, 0.717) is 6.42 Å². The summed E-state index contributed by atoms with van der Waals surface area (Å²) in [5, 5.41) is 10.4. The van der Waals surface area contributed by atoms with Gasteiger partial charge in [0.15, 0.2) is 0 Å². The summed E-state index contributed by atoms with van der Waals surface area (Å²) in [4.78, 5) is 11.3. The van der Waals surface area contributed by atoms with Crippen molar-refractivity contribution in [2.75, 3.05) is 10.6 Å². The molecule has 0 aliphatic carbocycles. The topological polar surface area (TPSA) is 59.0 Å². The van der Waals surface area contributed by atoms with Crippen molar-refractivity contribution >= 4 is 17.3 Å². The second kappa shape index (κ2) is 6.23. The Morgan fingerprint density at radius 2 is 1.90 bits per heavy atom. The summed E-state index contributed by atoms with van der Waals surface area (Å²) < 4.78 is 1.86. The molecular weight excluding hydrogens is 252 g/mol. The molecule has 2 N–H and O–H groups in total. The van der Waals surface area contributed by atoms with Crippen molar-refractivity contribution in [3.05, 3.63) is 41.7 Å². The summed E-state index contributed by atoms with van der Waals surface area (Å²) in [5.41, 5.74) is 4.17. The molecule has 1 aromatic carbocycles. The van der Waals surface area contributed by atoms with Crippen molar-refractivity contribution in [1.82, 2.24) is 9.78 Å². The first kappa shape index (κ1) is 14.1. The van der Waals surface area contributed by atoms with Gasteiger partial charge in [-0.1, -0.05) is 6.92 Å². The van der Waals surface area contributed by atoms with E-state index in [1.807, 2.05) is 56.0 Å². The predicted octanol–water partition coefficient (Wildman–Crippen LogP) is 2.69. The highest BCUT2D eigenvalue weighted by Gasteiger charge is 2.03. The number of benzene rings is 1. The fourth-order valence-corrected chi connectivity index (χ4v) is 1.84. The van der Waals surface area contributed by atoms with E-state index in [0.717, 1.165) is 23.6 Å². The van der Waals surface area contributed by atoms with Crippen LogP contribution in [-0.4, -0.2) is 15.7 Å². The largest absolute Gasteiger partial charge is 0.381 e. The van der Waals surface area contributed by atoms with E-state index in [-0.39, 0.29) is 5.91 Å². The molecule has 0 spiro atoms. The first-order valence-corrected chi connectivity index (χ1v) is 6.71. The Bertz CT molecular complexity index is 586. The summed E-state index contributed by atoms with van der Waals surface area (Å²) in [6, 6.07) is 7.70. The Hall–Kier alpha value is -2.30. The zero-order valence-corrected chi connectivity index (χ0v) is 12.1. The lowest BCUT2D eigenvalue weighted by Crippen LogP contribution is -2.09. The fraction of sp³-hybridized carbons (Fsp3) is 0.333. The van der Waals surface area contributed by atoms with E-state index in [9.17, 15) is 4.79 Å². The molecule has 106 valence electrons. The van der Waals surface area contributed by atoms with Crippen molar-refractivity contribution in [3.8, 4) is 0 Å².